The molecule has 32 heavy (non-hydrogen) atoms. The fraction of sp³-hybridized carbons (Fsp3) is 0.524. The summed E-state index contributed by atoms with van der Waals surface area (Å²) in [6.07, 6.45) is 2.00. The van der Waals surface area contributed by atoms with Gasteiger partial charge in [-0.2, -0.15) is 9.40 Å². The number of nitrogens with zero attached hydrogens (tertiary/aromatic N) is 4. The monoisotopic (exact) mass is 459 g/mol. The molecule has 3 aliphatic rings. The number of H-pyrrole nitrogens is 1. The highest BCUT2D eigenvalue weighted by atomic mass is 32.2. The standard InChI is InChI=1S/C21H29N7O3S/c1-26-8-10-27(11-9-26)14-2-5-16(18(22)12-14)21(29)23-20-17-13-28(7-6-19(17)24-25-20)32(30,31)15-3-4-15/h2,5,12,15H,3-4,6-11,13,22H2,1H3,(H2,23,24,25,29). The minimum absolute atomic E-state index is 0.220. The summed E-state index contributed by atoms with van der Waals surface area (Å²) in [6, 6.07) is 5.49. The molecule has 172 valence electrons. The van der Waals surface area contributed by atoms with Crippen LogP contribution in [0.1, 0.15) is 34.5 Å². The van der Waals surface area contributed by atoms with Gasteiger partial charge >= 0.3 is 0 Å². The second kappa shape index (κ2) is 8.05. The summed E-state index contributed by atoms with van der Waals surface area (Å²) >= 11 is 0. The van der Waals surface area contributed by atoms with Gasteiger partial charge in [-0.3, -0.25) is 9.89 Å². The summed E-state index contributed by atoms with van der Waals surface area (Å²) < 4.78 is 26.8. The number of benzene rings is 1. The van der Waals surface area contributed by atoms with E-state index in [4.69, 9.17) is 5.73 Å². The van der Waals surface area contributed by atoms with E-state index in [1.165, 1.54) is 4.31 Å². The lowest BCUT2D eigenvalue weighted by molar-refractivity contribution is 0.102. The van der Waals surface area contributed by atoms with Crippen LogP contribution in [0, 0.1) is 0 Å². The number of amides is 1. The number of carbonyl (C=O) groups is 1. The average molecular weight is 460 g/mol. The zero-order chi connectivity index (χ0) is 22.5. The number of nitrogens with one attached hydrogen (secondary N) is 2. The van der Waals surface area contributed by atoms with Gasteiger partial charge in [0, 0.05) is 68.3 Å². The Kier molecular flexibility index (Phi) is 5.34. The van der Waals surface area contributed by atoms with Crippen LogP contribution >= 0.6 is 0 Å². The Morgan fingerprint density at radius 2 is 1.94 bits per heavy atom. The molecular formula is C21H29N7O3S. The van der Waals surface area contributed by atoms with E-state index in [0.29, 0.717) is 30.0 Å². The quantitative estimate of drug-likeness (QED) is 0.566. The molecule has 3 heterocycles. The number of sulfonamides is 1. The third-order valence-electron chi connectivity index (χ3n) is 6.58. The predicted octanol–water partition coefficient (Wildman–Crippen LogP) is 0.846. The number of rotatable bonds is 5. The molecule has 10 nitrogen and oxygen atoms in total. The molecule has 1 amide bonds. The summed E-state index contributed by atoms with van der Waals surface area (Å²) in [6.45, 7) is 4.46. The van der Waals surface area contributed by atoms with E-state index in [1.54, 1.807) is 6.07 Å². The number of aromatic nitrogens is 2. The number of likely N-dealkylation sites (N-methyl/N-ethyl adjacent to an activating group) is 1. The van der Waals surface area contributed by atoms with Gasteiger partial charge in [-0.25, -0.2) is 8.42 Å². The van der Waals surface area contributed by atoms with Gasteiger partial charge in [0.05, 0.1) is 10.8 Å². The summed E-state index contributed by atoms with van der Waals surface area (Å²) in [5, 5.41) is 9.75. The Morgan fingerprint density at radius 1 is 1.19 bits per heavy atom. The van der Waals surface area contributed by atoms with E-state index in [1.807, 2.05) is 12.1 Å². The van der Waals surface area contributed by atoms with Crippen LogP contribution in [0.4, 0.5) is 17.2 Å². The number of anilines is 3. The molecule has 1 saturated carbocycles. The van der Waals surface area contributed by atoms with Crippen molar-refractivity contribution in [1.82, 2.24) is 19.4 Å². The fourth-order valence-corrected chi connectivity index (χ4v) is 6.17. The van der Waals surface area contributed by atoms with Gasteiger partial charge in [-0.1, -0.05) is 0 Å². The molecule has 0 spiro atoms. The Bertz CT molecular complexity index is 1130. The highest BCUT2D eigenvalue weighted by molar-refractivity contribution is 7.90. The number of hydrogen-bond acceptors (Lipinski definition) is 7. The molecule has 0 unspecified atom stereocenters. The van der Waals surface area contributed by atoms with Crippen molar-refractivity contribution in [2.75, 3.05) is 55.7 Å². The maximum absolute atomic E-state index is 12.9. The highest BCUT2D eigenvalue weighted by Gasteiger charge is 2.41. The van der Waals surface area contributed by atoms with Gasteiger partial charge in [0.25, 0.3) is 5.91 Å². The van der Waals surface area contributed by atoms with Crippen molar-refractivity contribution in [1.29, 1.82) is 0 Å². The van der Waals surface area contributed by atoms with E-state index in [2.05, 4.69) is 32.4 Å². The van der Waals surface area contributed by atoms with Crippen molar-refractivity contribution in [2.24, 2.45) is 0 Å². The van der Waals surface area contributed by atoms with Crippen molar-refractivity contribution in [3.05, 3.63) is 35.0 Å². The Morgan fingerprint density at radius 3 is 2.62 bits per heavy atom. The molecule has 2 aromatic rings. The van der Waals surface area contributed by atoms with Gasteiger partial charge in [0.2, 0.25) is 10.0 Å². The smallest absolute Gasteiger partial charge is 0.258 e. The summed E-state index contributed by atoms with van der Waals surface area (Å²) in [7, 11) is -1.18. The van der Waals surface area contributed by atoms with Gasteiger partial charge in [0.1, 0.15) is 0 Å². The number of carbonyl (C=O) groups excluding carboxylic acids is 1. The van der Waals surface area contributed by atoms with Crippen molar-refractivity contribution in [3.63, 3.8) is 0 Å². The lowest BCUT2D eigenvalue weighted by atomic mass is 10.1. The maximum Gasteiger partial charge on any atom is 0.258 e. The van der Waals surface area contributed by atoms with Gasteiger partial charge < -0.3 is 20.9 Å². The maximum atomic E-state index is 12.9. The molecule has 2 aliphatic heterocycles. The lowest BCUT2D eigenvalue weighted by Crippen LogP contribution is -2.44. The zero-order valence-corrected chi connectivity index (χ0v) is 19.0. The van der Waals surface area contributed by atoms with Crippen molar-refractivity contribution >= 4 is 33.1 Å². The largest absolute Gasteiger partial charge is 0.398 e. The minimum atomic E-state index is -3.28. The second-order valence-corrected chi connectivity index (χ2v) is 11.1. The normalized spacial score (nSPS) is 20.2. The SMILES string of the molecule is CN1CCN(c2ccc(C(=O)Nc3n[nH]c4c3CN(S(=O)(=O)C3CC3)CC4)c(N)c2)CC1. The zero-order valence-electron chi connectivity index (χ0n) is 18.2. The second-order valence-electron chi connectivity index (χ2n) is 8.87. The first-order chi connectivity index (χ1) is 15.3. The third-order valence-corrected chi connectivity index (χ3v) is 8.93. The fourth-order valence-electron chi connectivity index (χ4n) is 4.36. The van der Waals surface area contributed by atoms with E-state index in [-0.39, 0.29) is 17.7 Å². The van der Waals surface area contributed by atoms with Gasteiger partial charge in [0.15, 0.2) is 5.82 Å². The first kappa shape index (κ1) is 21.2. The number of fused-ring (bicyclic) bond motifs is 1. The van der Waals surface area contributed by atoms with Crippen molar-refractivity contribution < 1.29 is 13.2 Å². The minimum Gasteiger partial charge on any atom is -0.398 e. The van der Waals surface area contributed by atoms with Crippen LogP contribution in [0.2, 0.25) is 0 Å². The van der Waals surface area contributed by atoms with E-state index < -0.39 is 10.0 Å². The van der Waals surface area contributed by atoms with Crippen LogP contribution in [-0.2, 0) is 23.0 Å². The molecule has 1 aromatic heterocycles. The molecule has 11 heteroatoms. The third kappa shape index (κ3) is 3.96. The van der Waals surface area contributed by atoms with Crippen molar-refractivity contribution in [2.45, 2.75) is 31.1 Å². The molecule has 0 atom stereocenters. The first-order valence-electron chi connectivity index (χ1n) is 11.0. The predicted molar refractivity (Wildman–Crippen MR) is 123 cm³/mol. The molecule has 1 saturated heterocycles. The van der Waals surface area contributed by atoms with Crippen molar-refractivity contribution in [3.8, 4) is 0 Å². The Balaban J connectivity index is 1.30. The van der Waals surface area contributed by atoms with Gasteiger partial charge in [-0.15, -0.1) is 0 Å². The van der Waals surface area contributed by atoms with E-state index in [9.17, 15) is 13.2 Å². The topological polar surface area (TPSA) is 128 Å². The van der Waals surface area contributed by atoms with E-state index >= 15 is 0 Å². The number of aromatic amines is 1. The molecule has 2 fully saturated rings. The van der Waals surface area contributed by atoms with Crippen LogP contribution in [0.3, 0.4) is 0 Å². The first-order valence-corrected chi connectivity index (χ1v) is 12.5. The van der Waals surface area contributed by atoms with Gasteiger partial charge in [-0.05, 0) is 38.1 Å². The molecule has 1 aromatic carbocycles. The van der Waals surface area contributed by atoms with Crippen LogP contribution in [0.5, 0.6) is 0 Å². The molecular weight excluding hydrogens is 430 g/mol. The summed E-state index contributed by atoms with van der Waals surface area (Å²) in [5.74, 6) is 0.00661. The summed E-state index contributed by atoms with van der Waals surface area (Å²) in [4.78, 5) is 17.5. The molecule has 5 rings (SSSR count). The molecule has 0 bridgehead atoms. The lowest BCUT2D eigenvalue weighted by Gasteiger charge is -2.34. The molecule has 1 aliphatic carbocycles. The Labute approximate surface area is 187 Å². The highest BCUT2D eigenvalue weighted by Crippen LogP contribution is 2.35. The summed E-state index contributed by atoms with van der Waals surface area (Å²) in [5.41, 5.74) is 9.60. The van der Waals surface area contributed by atoms with E-state index in [0.717, 1.165) is 56.0 Å². The van der Waals surface area contributed by atoms with Crippen LogP contribution in [0.25, 0.3) is 0 Å². The van der Waals surface area contributed by atoms with Crippen LogP contribution < -0.4 is 16.0 Å². The van der Waals surface area contributed by atoms with Crippen LogP contribution in [0.15, 0.2) is 18.2 Å². The average Bonchev–Trinajstić information content (AvgIpc) is 3.57. The Hall–Kier alpha value is -2.63. The molecule has 0 radical (unpaired) electrons. The number of hydrogen-bond donors (Lipinski definition) is 3. The number of nitrogens with two attached hydrogens (primary N) is 1. The number of nitrogen functional groups attached to an aromatic ring is 1. The number of piperazine rings is 1. The van der Waals surface area contributed by atoms with Crippen LogP contribution in [-0.4, -0.2) is 78.7 Å². The molecule has 4 N–H and O–H groups in total.